The Bertz CT molecular complexity index is 619. The lowest BCUT2D eigenvalue weighted by Gasteiger charge is -2.29. The zero-order chi connectivity index (χ0) is 14.2. The number of benzene rings is 1. The smallest absolute Gasteiger partial charge is 0.261 e. The highest BCUT2D eigenvalue weighted by molar-refractivity contribution is 7.20. The van der Waals surface area contributed by atoms with E-state index in [1.54, 1.807) is 32.9 Å². The summed E-state index contributed by atoms with van der Waals surface area (Å²) in [6.45, 7) is 5.13. The number of fused-ring (bicyclic) bond motifs is 1. The first-order valence-corrected chi connectivity index (χ1v) is 6.81. The number of aliphatic hydroxyl groups excluding tert-OH is 1. The van der Waals surface area contributed by atoms with Crippen LogP contribution in [0.3, 0.4) is 0 Å². The lowest BCUT2D eigenvalue weighted by molar-refractivity contribution is 0.0713. The molecule has 0 saturated carbocycles. The second-order valence-electron chi connectivity index (χ2n) is 5.14. The van der Waals surface area contributed by atoms with Crippen LogP contribution in [0.4, 0.5) is 4.39 Å². The summed E-state index contributed by atoms with van der Waals surface area (Å²) in [7, 11) is 0. The number of carbonyl (C=O) groups excluding carboxylic acids is 1. The number of hydrogen-bond acceptors (Lipinski definition) is 3. The Morgan fingerprint density at radius 3 is 2.74 bits per heavy atom. The number of halogens is 1. The van der Waals surface area contributed by atoms with Crippen molar-refractivity contribution < 1.29 is 14.3 Å². The molecular formula is C14H16FNO2S. The first-order valence-electron chi connectivity index (χ1n) is 5.99. The van der Waals surface area contributed by atoms with Gasteiger partial charge in [0.05, 0.1) is 16.5 Å². The summed E-state index contributed by atoms with van der Waals surface area (Å²) >= 11 is 1.24. The molecule has 1 heterocycles. The first kappa shape index (κ1) is 14.0. The van der Waals surface area contributed by atoms with Gasteiger partial charge in [-0.25, -0.2) is 4.39 Å². The monoisotopic (exact) mass is 281 g/mol. The summed E-state index contributed by atoms with van der Waals surface area (Å²) in [4.78, 5) is 12.6. The van der Waals surface area contributed by atoms with Gasteiger partial charge in [0.15, 0.2) is 0 Å². The van der Waals surface area contributed by atoms with Crippen LogP contribution in [0.25, 0.3) is 10.1 Å². The molecule has 3 nitrogen and oxygen atoms in total. The van der Waals surface area contributed by atoms with Crippen molar-refractivity contribution in [2.24, 2.45) is 0 Å². The fourth-order valence-electron chi connectivity index (χ4n) is 1.58. The SMILES string of the molecule is CC(O)C(C)(C)NC(=O)c1cc2ccc(F)cc2s1. The number of amides is 1. The van der Waals surface area contributed by atoms with Crippen LogP contribution in [0, 0.1) is 5.82 Å². The maximum absolute atomic E-state index is 13.1. The van der Waals surface area contributed by atoms with Gasteiger partial charge in [0, 0.05) is 4.70 Å². The van der Waals surface area contributed by atoms with Crippen LogP contribution in [-0.4, -0.2) is 22.7 Å². The van der Waals surface area contributed by atoms with E-state index < -0.39 is 11.6 Å². The molecule has 2 rings (SSSR count). The van der Waals surface area contributed by atoms with Crippen LogP contribution < -0.4 is 5.32 Å². The summed E-state index contributed by atoms with van der Waals surface area (Å²) in [5.41, 5.74) is -0.710. The molecule has 0 aliphatic rings. The highest BCUT2D eigenvalue weighted by atomic mass is 32.1. The molecular weight excluding hydrogens is 265 g/mol. The second kappa shape index (κ2) is 4.90. The fraction of sp³-hybridized carbons (Fsp3) is 0.357. The molecule has 0 bridgehead atoms. The van der Waals surface area contributed by atoms with Crippen molar-refractivity contribution >= 4 is 27.3 Å². The van der Waals surface area contributed by atoms with Crippen molar-refractivity contribution in [1.29, 1.82) is 0 Å². The van der Waals surface area contributed by atoms with Crippen molar-refractivity contribution in [3.8, 4) is 0 Å². The normalized spacial score (nSPS) is 13.5. The molecule has 1 aromatic carbocycles. The minimum atomic E-state index is -0.710. The van der Waals surface area contributed by atoms with Crippen LogP contribution in [0.5, 0.6) is 0 Å². The molecule has 2 N–H and O–H groups in total. The molecule has 0 aliphatic heterocycles. The van der Waals surface area contributed by atoms with Crippen molar-refractivity contribution in [2.45, 2.75) is 32.4 Å². The second-order valence-corrected chi connectivity index (χ2v) is 6.23. The predicted octanol–water partition coefficient (Wildman–Crippen LogP) is 2.93. The summed E-state index contributed by atoms with van der Waals surface area (Å²) in [6.07, 6.45) is -0.664. The third-order valence-corrected chi connectivity index (χ3v) is 4.28. The molecule has 1 unspecified atom stereocenters. The topological polar surface area (TPSA) is 49.3 Å². The van der Waals surface area contributed by atoms with Crippen molar-refractivity contribution in [1.82, 2.24) is 5.32 Å². The molecule has 5 heteroatoms. The largest absolute Gasteiger partial charge is 0.391 e. The number of nitrogens with one attached hydrogen (secondary N) is 1. The molecule has 2 aromatic rings. The molecule has 1 aromatic heterocycles. The third kappa shape index (κ3) is 2.93. The predicted molar refractivity (Wildman–Crippen MR) is 75.0 cm³/mol. The van der Waals surface area contributed by atoms with Gasteiger partial charge in [0.2, 0.25) is 0 Å². The van der Waals surface area contributed by atoms with Crippen LogP contribution in [0.2, 0.25) is 0 Å². The Hall–Kier alpha value is -1.46. The van der Waals surface area contributed by atoms with E-state index >= 15 is 0 Å². The van der Waals surface area contributed by atoms with Gasteiger partial charge in [-0.3, -0.25) is 4.79 Å². The lowest BCUT2D eigenvalue weighted by Crippen LogP contribution is -2.50. The molecule has 1 amide bonds. The van der Waals surface area contributed by atoms with E-state index in [2.05, 4.69) is 5.32 Å². The maximum Gasteiger partial charge on any atom is 0.261 e. The van der Waals surface area contributed by atoms with E-state index in [0.717, 1.165) is 10.1 Å². The molecule has 0 spiro atoms. The van der Waals surface area contributed by atoms with E-state index in [0.29, 0.717) is 4.88 Å². The summed E-state index contributed by atoms with van der Waals surface area (Å²) in [5.74, 6) is -0.571. The molecule has 19 heavy (non-hydrogen) atoms. The minimum absolute atomic E-state index is 0.257. The maximum atomic E-state index is 13.1. The summed E-state index contributed by atoms with van der Waals surface area (Å²) in [6, 6.07) is 6.16. The Morgan fingerprint density at radius 2 is 2.11 bits per heavy atom. The molecule has 0 saturated heterocycles. The highest BCUT2D eigenvalue weighted by Gasteiger charge is 2.27. The molecule has 0 aliphatic carbocycles. The lowest BCUT2D eigenvalue weighted by atomic mass is 9.99. The molecule has 102 valence electrons. The number of carbonyl (C=O) groups is 1. The van der Waals surface area contributed by atoms with Crippen molar-refractivity contribution in [3.05, 3.63) is 35.0 Å². The van der Waals surface area contributed by atoms with E-state index in [1.165, 1.54) is 23.5 Å². The Labute approximate surface area is 115 Å². The average Bonchev–Trinajstić information content (AvgIpc) is 2.71. The van der Waals surface area contributed by atoms with Gasteiger partial charge in [-0.15, -0.1) is 11.3 Å². The van der Waals surface area contributed by atoms with Crippen LogP contribution >= 0.6 is 11.3 Å². The van der Waals surface area contributed by atoms with Gasteiger partial charge >= 0.3 is 0 Å². The van der Waals surface area contributed by atoms with E-state index in [1.807, 2.05) is 0 Å². The van der Waals surface area contributed by atoms with E-state index in [9.17, 15) is 14.3 Å². The van der Waals surface area contributed by atoms with Gasteiger partial charge in [-0.05, 0) is 44.4 Å². The van der Waals surface area contributed by atoms with E-state index in [4.69, 9.17) is 0 Å². The average molecular weight is 281 g/mol. The summed E-state index contributed by atoms with van der Waals surface area (Å²) in [5, 5.41) is 13.2. The minimum Gasteiger partial charge on any atom is -0.391 e. The van der Waals surface area contributed by atoms with Crippen molar-refractivity contribution in [2.75, 3.05) is 0 Å². The number of aliphatic hydroxyl groups is 1. The highest BCUT2D eigenvalue weighted by Crippen LogP contribution is 2.26. The van der Waals surface area contributed by atoms with Crippen molar-refractivity contribution in [3.63, 3.8) is 0 Å². The standard InChI is InChI=1S/C14H16FNO2S/c1-8(17)14(2,3)16-13(18)12-6-9-4-5-10(15)7-11(9)19-12/h4-8,17H,1-3H3,(H,16,18). The van der Waals surface area contributed by atoms with Crippen LogP contribution in [0.1, 0.15) is 30.4 Å². The Balaban J connectivity index is 2.27. The summed E-state index contributed by atoms with van der Waals surface area (Å²) < 4.78 is 13.8. The Morgan fingerprint density at radius 1 is 1.42 bits per heavy atom. The Kier molecular flexibility index (Phi) is 3.60. The van der Waals surface area contributed by atoms with Gasteiger partial charge in [-0.1, -0.05) is 6.07 Å². The van der Waals surface area contributed by atoms with E-state index in [-0.39, 0.29) is 11.7 Å². The van der Waals surface area contributed by atoms with Gasteiger partial charge in [0.25, 0.3) is 5.91 Å². The molecule has 0 fully saturated rings. The zero-order valence-electron chi connectivity index (χ0n) is 11.0. The number of thiophene rings is 1. The molecule has 1 atom stereocenters. The number of hydrogen-bond donors (Lipinski definition) is 2. The third-order valence-electron chi connectivity index (χ3n) is 3.19. The van der Waals surface area contributed by atoms with Crippen LogP contribution in [-0.2, 0) is 0 Å². The first-order chi connectivity index (χ1) is 8.79. The van der Waals surface area contributed by atoms with Gasteiger partial charge < -0.3 is 10.4 Å². The number of rotatable bonds is 3. The van der Waals surface area contributed by atoms with Crippen LogP contribution in [0.15, 0.2) is 24.3 Å². The fourth-order valence-corrected chi connectivity index (χ4v) is 2.56. The van der Waals surface area contributed by atoms with Gasteiger partial charge in [-0.2, -0.15) is 0 Å². The van der Waals surface area contributed by atoms with Gasteiger partial charge in [0.1, 0.15) is 5.82 Å². The zero-order valence-corrected chi connectivity index (χ0v) is 11.8. The molecule has 0 radical (unpaired) electrons. The quantitative estimate of drug-likeness (QED) is 0.908.